The number of thiocarbonyl (C=S) groups is 1. The van der Waals surface area contributed by atoms with Gasteiger partial charge in [0.05, 0.1) is 23.4 Å². The van der Waals surface area contributed by atoms with Crippen LogP contribution in [0.4, 0.5) is 11.4 Å². The number of anilines is 2. The summed E-state index contributed by atoms with van der Waals surface area (Å²) in [6.45, 7) is 13.2. The van der Waals surface area contributed by atoms with E-state index in [1.807, 2.05) is 18.2 Å². The Morgan fingerprint density at radius 1 is 1.03 bits per heavy atom. The van der Waals surface area contributed by atoms with Crippen molar-refractivity contribution in [1.82, 2.24) is 5.32 Å². The topological polar surface area (TPSA) is 44.8 Å². The lowest BCUT2D eigenvalue weighted by molar-refractivity contribution is -0.115. The molecule has 0 radical (unpaired) electrons. The van der Waals surface area contributed by atoms with Gasteiger partial charge in [-0.05, 0) is 81.7 Å². The van der Waals surface area contributed by atoms with Crippen molar-refractivity contribution in [1.29, 1.82) is 0 Å². The average Bonchev–Trinajstić information content (AvgIpc) is 3.08. The first kappa shape index (κ1) is 23.6. The third-order valence-electron chi connectivity index (χ3n) is 6.22. The highest BCUT2D eigenvalue weighted by Gasteiger charge is 2.28. The number of amides is 1. The molecule has 4 rings (SSSR count). The van der Waals surface area contributed by atoms with Crippen molar-refractivity contribution in [2.75, 3.05) is 30.0 Å². The number of methoxy groups -OCH3 is 1. The molecule has 1 saturated heterocycles. The molecule has 0 aliphatic carbocycles. The summed E-state index contributed by atoms with van der Waals surface area (Å²) in [5.41, 5.74) is 6.84. The van der Waals surface area contributed by atoms with Gasteiger partial charge in [-0.1, -0.05) is 30.0 Å². The molecule has 0 atom stereocenters. The second kappa shape index (κ2) is 9.39. The molecule has 0 aromatic heterocycles. The number of rotatable bonds is 5. The molecule has 5 nitrogen and oxygen atoms in total. The number of hydrogen-bond donors (Lipinski definition) is 1. The molecule has 174 valence electrons. The van der Waals surface area contributed by atoms with Crippen LogP contribution in [-0.4, -0.2) is 42.5 Å². The van der Waals surface area contributed by atoms with Gasteiger partial charge >= 0.3 is 0 Å². The SMILES string of the molecule is COc1ccc(C=C2SC(=S)NC2=O)cc1-c1cc2c(cc1C)N(C(C)C)CCN2C(C)C. The average molecular weight is 482 g/mol. The number of carbonyl (C=O) groups excluding carboxylic acids is 1. The van der Waals surface area contributed by atoms with Crippen LogP contribution in [0.2, 0.25) is 0 Å². The van der Waals surface area contributed by atoms with E-state index >= 15 is 0 Å². The van der Waals surface area contributed by atoms with Crippen LogP contribution in [0, 0.1) is 6.92 Å². The Kier molecular flexibility index (Phi) is 6.73. The van der Waals surface area contributed by atoms with Gasteiger partial charge in [0.25, 0.3) is 5.91 Å². The highest BCUT2D eigenvalue weighted by Crippen LogP contribution is 2.43. The fourth-order valence-corrected chi connectivity index (χ4v) is 5.60. The molecule has 2 aromatic carbocycles. The van der Waals surface area contributed by atoms with E-state index in [0.717, 1.165) is 35.5 Å². The van der Waals surface area contributed by atoms with Crippen molar-refractivity contribution in [3.8, 4) is 16.9 Å². The quantitative estimate of drug-likeness (QED) is 0.443. The molecule has 0 saturated carbocycles. The molecule has 0 bridgehead atoms. The van der Waals surface area contributed by atoms with Gasteiger partial charge in [0.15, 0.2) is 0 Å². The van der Waals surface area contributed by atoms with Crippen LogP contribution in [0.1, 0.15) is 38.8 Å². The van der Waals surface area contributed by atoms with E-state index in [1.54, 1.807) is 7.11 Å². The van der Waals surface area contributed by atoms with E-state index in [2.05, 4.69) is 67.9 Å². The van der Waals surface area contributed by atoms with Gasteiger partial charge in [0.2, 0.25) is 0 Å². The molecule has 2 aromatic rings. The van der Waals surface area contributed by atoms with Crippen molar-refractivity contribution < 1.29 is 9.53 Å². The summed E-state index contributed by atoms with van der Waals surface area (Å²) in [4.78, 5) is 17.7. The molecule has 33 heavy (non-hydrogen) atoms. The zero-order valence-electron chi connectivity index (χ0n) is 20.1. The molecule has 0 unspecified atom stereocenters. The Hall–Kier alpha value is -2.51. The molecular formula is C26H31N3O2S2. The fourth-order valence-electron chi connectivity index (χ4n) is 4.56. The van der Waals surface area contributed by atoms with Crippen molar-refractivity contribution in [3.63, 3.8) is 0 Å². The summed E-state index contributed by atoms with van der Waals surface area (Å²) in [5, 5.41) is 2.68. The van der Waals surface area contributed by atoms with E-state index in [0.29, 0.717) is 21.3 Å². The molecule has 7 heteroatoms. The highest BCUT2D eigenvalue weighted by atomic mass is 32.2. The van der Waals surface area contributed by atoms with Crippen LogP contribution in [-0.2, 0) is 4.79 Å². The molecule has 2 aliphatic rings. The Balaban J connectivity index is 1.85. The molecule has 1 N–H and O–H groups in total. The van der Waals surface area contributed by atoms with Gasteiger partial charge in [0, 0.05) is 30.7 Å². The second-order valence-corrected chi connectivity index (χ2v) is 10.8. The van der Waals surface area contributed by atoms with Crippen molar-refractivity contribution in [2.24, 2.45) is 0 Å². The number of hydrogen-bond acceptors (Lipinski definition) is 6. The number of fused-ring (bicyclic) bond motifs is 1. The largest absolute Gasteiger partial charge is 0.496 e. The minimum Gasteiger partial charge on any atom is -0.496 e. The predicted molar refractivity (Wildman–Crippen MR) is 144 cm³/mol. The van der Waals surface area contributed by atoms with Crippen LogP contribution in [0.25, 0.3) is 17.2 Å². The van der Waals surface area contributed by atoms with E-state index in [-0.39, 0.29) is 5.91 Å². The lowest BCUT2D eigenvalue weighted by Gasteiger charge is -2.43. The summed E-state index contributed by atoms with van der Waals surface area (Å²) in [5.74, 6) is 0.667. The van der Waals surface area contributed by atoms with Crippen molar-refractivity contribution in [2.45, 2.75) is 46.7 Å². The van der Waals surface area contributed by atoms with Crippen LogP contribution in [0.5, 0.6) is 5.75 Å². The summed E-state index contributed by atoms with van der Waals surface area (Å²) < 4.78 is 6.24. The van der Waals surface area contributed by atoms with E-state index in [9.17, 15) is 4.79 Å². The van der Waals surface area contributed by atoms with Gasteiger partial charge in [0.1, 0.15) is 10.1 Å². The molecular weight excluding hydrogens is 450 g/mol. The maximum Gasteiger partial charge on any atom is 0.263 e. The third kappa shape index (κ3) is 4.62. The normalized spacial score (nSPS) is 17.3. The lowest BCUT2D eigenvalue weighted by Crippen LogP contribution is -2.46. The van der Waals surface area contributed by atoms with Crippen LogP contribution < -0.4 is 19.9 Å². The number of thioether (sulfide) groups is 1. The Morgan fingerprint density at radius 3 is 2.21 bits per heavy atom. The number of ether oxygens (including phenoxy) is 1. The first-order chi connectivity index (χ1) is 15.7. The predicted octanol–water partition coefficient (Wildman–Crippen LogP) is 5.60. The summed E-state index contributed by atoms with van der Waals surface area (Å²) in [7, 11) is 1.70. The van der Waals surface area contributed by atoms with Gasteiger partial charge in [-0.3, -0.25) is 4.79 Å². The number of nitrogens with one attached hydrogen (secondary N) is 1. The van der Waals surface area contributed by atoms with Crippen LogP contribution >= 0.6 is 24.0 Å². The van der Waals surface area contributed by atoms with Gasteiger partial charge in [-0.25, -0.2) is 0 Å². The minimum atomic E-state index is -0.145. The zero-order chi connectivity index (χ0) is 23.9. The van der Waals surface area contributed by atoms with Crippen LogP contribution in [0.3, 0.4) is 0 Å². The monoisotopic (exact) mass is 481 g/mol. The Morgan fingerprint density at radius 2 is 1.67 bits per heavy atom. The smallest absolute Gasteiger partial charge is 0.263 e. The number of aryl methyl sites for hydroxylation is 1. The number of benzene rings is 2. The van der Waals surface area contributed by atoms with Crippen molar-refractivity contribution >= 4 is 51.7 Å². The van der Waals surface area contributed by atoms with E-state index in [4.69, 9.17) is 17.0 Å². The van der Waals surface area contributed by atoms with Crippen molar-refractivity contribution in [3.05, 3.63) is 46.4 Å². The molecule has 2 aliphatic heterocycles. The summed E-state index contributed by atoms with van der Waals surface area (Å²) >= 11 is 6.42. The Labute approximate surface area is 206 Å². The molecule has 0 spiro atoms. The first-order valence-electron chi connectivity index (χ1n) is 11.3. The second-order valence-electron chi connectivity index (χ2n) is 9.04. The fraction of sp³-hybridized carbons (Fsp3) is 0.385. The molecule has 2 heterocycles. The molecule has 1 fully saturated rings. The highest BCUT2D eigenvalue weighted by molar-refractivity contribution is 8.26. The maximum absolute atomic E-state index is 12.1. The van der Waals surface area contributed by atoms with Crippen LogP contribution in [0.15, 0.2) is 35.2 Å². The minimum absolute atomic E-state index is 0.145. The maximum atomic E-state index is 12.1. The Bertz CT molecular complexity index is 1140. The number of nitrogens with zero attached hydrogens (tertiary/aromatic N) is 2. The van der Waals surface area contributed by atoms with E-state index in [1.165, 1.54) is 28.7 Å². The first-order valence-corrected chi connectivity index (χ1v) is 12.5. The van der Waals surface area contributed by atoms with E-state index < -0.39 is 0 Å². The number of carbonyl (C=O) groups is 1. The van der Waals surface area contributed by atoms with Gasteiger partial charge in [-0.2, -0.15) is 0 Å². The molecule has 1 amide bonds. The zero-order valence-corrected chi connectivity index (χ0v) is 21.7. The van der Waals surface area contributed by atoms with Gasteiger partial charge in [-0.15, -0.1) is 0 Å². The third-order valence-corrected chi connectivity index (χ3v) is 7.39. The van der Waals surface area contributed by atoms with Gasteiger partial charge < -0.3 is 19.9 Å². The standard InChI is InChI=1S/C26H31N3O2S2/c1-15(2)28-9-10-29(16(3)4)22-14-19(17(5)11-21(22)28)20-12-18(7-8-23(20)31-6)13-24-25(30)27-26(32)33-24/h7-8,11-16H,9-10H2,1-6H3,(H,27,30,32). The lowest BCUT2D eigenvalue weighted by atomic mass is 9.94. The summed E-state index contributed by atoms with van der Waals surface area (Å²) in [6, 6.07) is 11.5. The summed E-state index contributed by atoms with van der Waals surface area (Å²) in [6.07, 6.45) is 1.89.